The number of hydrogen-bond acceptors (Lipinski definition) is 3. The van der Waals surface area contributed by atoms with Gasteiger partial charge in [0.1, 0.15) is 0 Å². The summed E-state index contributed by atoms with van der Waals surface area (Å²) in [7, 11) is -3.57. The minimum atomic E-state index is -3.57. The SMILES string of the molecule is O=S(=O)(Nc1cn[nH]c1)c1ccc(Cl)cc1. The van der Waals surface area contributed by atoms with Crippen LogP contribution in [0.3, 0.4) is 0 Å². The van der Waals surface area contributed by atoms with Gasteiger partial charge >= 0.3 is 0 Å². The first kappa shape index (κ1) is 11.0. The van der Waals surface area contributed by atoms with Crippen LogP contribution in [-0.4, -0.2) is 18.6 Å². The van der Waals surface area contributed by atoms with Crippen molar-refractivity contribution >= 4 is 27.3 Å². The summed E-state index contributed by atoms with van der Waals surface area (Å²) in [4.78, 5) is 0.151. The molecule has 0 amide bonds. The molecule has 0 saturated heterocycles. The zero-order valence-electron chi connectivity index (χ0n) is 8.01. The van der Waals surface area contributed by atoms with Crippen LogP contribution in [0.2, 0.25) is 5.02 Å². The van der Waals surface area contributed by atoms with Gasteiger partial charge in [-0.15, -0.1) is 0 Å². The number of rotatable bonds is 3. The van der Waals surface area contributed by atoms with Gasteiger partial charge in [-0.25, -0.2) is 8.42 Å². The maximum absolute atomic E-state index is 11.8. The Hall–Kier alpha value is -1.53. The van der Waals surface area contributed by atoms with E-state index in [1.165, 1.54) is 36.7 Å². The molecule has 16 heavy (non-hydrogen) atoms. The first-order valence-corrected chi connectivity index (χ1v) is 6.21. The molecular weight excluding hydrogens is 250 g/mol. The number of anilines is 1. The van der Waals surface area contributed by atoms with Crippen LogP contribution < -0.4 is 4.72 Å². The molecule has 84 valence electrons. The van der Waals surface area contributed by atoms with E-state index in [2.05, 4.69) is 14.9 Å². The molecule has 2 aromatic rings. The highest BCUT2D eigenvalue weighted by atomic mass is 35.5. The van der Waals surface area contributed by atoms with E-state index in [0.717, 1.165) is 0 Å². The van der Waals surface area contributed by atoms with Gasteiger partial charge in [0, 0.05) is 11.2 Å². The third-order valence-corrected chi connectivity index (χ3v) is 3.52. The monoisotopic (exact) mass is 257 g/mol. The maximum atomic E-state index is 11.8. The number of hydrogen-bond donors (Lipinski definition) is 2. The van der Waals surface area contributed by atoms with Crippen LogP contribution >= 0.6 is 11.6 Å². The molecule has 0 radical (unpaired) electrons. The quantitative estimate of drug-likeness (QED) is 0.881. The van der Waals surface area contributed by atoms with Crippen LogP contribution in [0, 0.1) is 0 Å². The van der Waals surface area contributed by atoms with Crippen LogP contribution in [0.1, 0.15) is 0 Å². The second-order valence-electron chi connectivity index (χ2n) is 3.05. The largest absolute Gasteiger partial charge is 0.284 e. The highest BCUT2D eigenvalue weighted by Crippen LogP contribution is 2.17. The fourth-order valence-corrected chi connectivity index (χ4v) is 2.29. The summed E-state index contributed by atoms with van der Waals surface area (Å²) in [6.07, 6.45) is 2.83. The molecule has 1 aromatic carbocycles. The average molecular weight is 258 g/mol. The van der Waals surface area contributed by atoms with Crippen molar-refractivity contribution in [2.24, 2.45) is 0 Å². The van der Waals surface area contributed by atoms with Crippen LogP contribution in [0.4, 0.5) is 5.69 Å². The predicted molar refractivity (Wildman–Crippen MR) is 60.8 cm³/mol. The minimum Gasteiger partial charge on any atom is -0.284 e. The second kappa shape index (κ2) is 4.15. The number of nitrogens with one attached hydrogen (secondary N) is 2. The summed E-state index contributed by atoms with van der Waals surface area (Å²) < 4.78 is 26.0. The third kappa shape index (κ3) is 2.34. The highest BCUT2D eigenvalue weighted by molar-refractivity contribution is 7.92. The molecule has 5 nitrogen and oxygen atoms in total. The number of benzene rings is 1. The van der Waals surface area contributed by atoms with E-state index in [1.807, 2.05) is 0 Å². The molecule has 7 heteroatoms. The molecule has 0 fully saturated rings. The summed E-state index contributed by atoms with van der Waals surface area (Å²) in [6, 6.07) is 5.91. The lowest BCUT2D eigenvalue weighted by atomic mass is 10.4. The van der Waals surface area contributed by atoms with Crippen LogP contribution in [0.5, 0.6) is 0 Å². The lowest BCUT2D eigenvalue weighted by Crippen LogP contribution is -2.12. The van der Waals surface area contributed by atoms with E-state index in [0.29, 0.717) is 10.7 Å². The van der Waals surface area contributed by atoms with Crippen LogP contribution in [0.25, 0.3) is 0 Å². The van der Waals surface area contributed by atoms with E-state index in [4.69, 9.17) is 11.6 Å². The Labute approximate surface area is 97.5 Å². The van der Waals surface area contributed by atoms with E-state index in [9.17, 15) is 8.42 Å². The number of halogens is 1. The van der Waals surface area contributed by atoms with Crippen molar-refractivity contribution in [3.63, 3.8) is 0 Å². The molecule has 0 atom stereocenters. The van der Waals surface area contributed by atoms with Crippen molar-refractivity contribution in [2.45, 2.75) is 4.90 Å². The van der Waals surface area contributed by atoms with Gasteiger partial charge in [0.05, 0.1) is 16.8 Å². The molecule has 2 N–H and O–H groups in total. The van der Waals surface area contributed by atoms with Crippen molar-refractivity contribution in [3.8, 4) is 0 Å². The Kier molecular flexibility index (Phi) is 2.84. The van der Waals surface area contributed by atoms with Gasteiger partial charge in [-0.05, 0) is 24.3 Å². The summed E-state index contributed by atoms with van der Waals surface area (Å²) >= 11 is 5.67. The summed E-state index contributed by atoms with van der Waals surface area (Å²) in [5.41, 5.74) is 0.384. The van der Waals surface area contributed by atoms with E-state index in [-0.39, 0.29) is 4.90 Å². The molecule has 0 aliphatic carbocycles. The van der Waals surface area contributed by atoms with Gasteiger partial charge in [-0.1, -0.05) is 11.6 Å². The van der Waals surface area contributed by atoms with Crippen molar-refractivity contribution in [1.29, 1.82) is 0 Å². The molecule has 0 spiro atoms. The fraction of sp³-hybridized carbons (Fsp3) is 0. The van der Waals surface area contributed by atoms with Crippen molar-refractivity contribution in [2.75, 3.05) is 4.72 Å². The Morgan fingerprint density at radius 1 is 1.25 bits per heavy atom. The summed E-state index contributed by atoms with van der Waals surface area (Å²) in [6.45, 7) is 0. The number of aromatic amines is 1. The first-order valence-electron chi connectivity index (χ1n) is 4.35. The zero-order valence-corrected chi connectivity index (χ0v) is 9.59. The molecule has 0 aliphatic heterocycles. The lowest BCUT2D eigenvalue weighted by Gasteiger charge is -2.05. The summed E-state index contributed by atoms with van der Waals surface area (Å²) in [5, 5.41) is 6.64. The Bertz CT molecular complexity index is 563. The smallest absolute Gasteiger partial charge is 0.261 e. The highest BCUT2D eigenvalue weighted by Gasteiger charge is 2.13. The van der Waals surface area contributed by atoms with Crippen molar-refractivity contribution < 1.29 is 8.42 Å². The number of H-pyrrole nitrogens is 1. The molecule has 0 bridgehead atoms. The van der Waals surface area contributed by atoms with Crippen LogP contribution in [0.15, 0.2) is 41.6 Å². The second-order valence-corrected chi connectivity index (χ2v) is 5.17. The number of sulfonamides is 1. The molecule has 2 rings (SSSR count). The van der Waals surface area contributed by atoms with Gasteiger partial charge < -0.3 is 0 Å². The van der Waals surface area contributed by atoms with Gasteiger partial charge in [-0.3, -0.25) is 9.82 Å². The Balaban J connectivity index is 2.29. The van der Waals surface area contributed by atoms with Crippen LogP contribution in [-0.2, 0) is 10.0 Å². The average Bonchev–Trinajstić information content (AvgIpc) is 2.70. The van der Waals surface area contributed by atoms with Gasteiger partial charge in [0.2, 0.25) is 0 Å². The predicted octanol–water partition coefficient (Wildman–Crippen LogP) is 1.86. The number of aromatic nitrogens is 2. The molecule has 0 unspecified atom stereocenters. The van der Waals surface area contributed by atoms with E-state index in [1.54, 1.807) is 0 Å². The zero-order chi connectivity index (χ0) is 11.6. The maximum Gasteiger partial charge on any atom is 0.261 e. The normalized spacial score (nSPS) is 11.3. The van der Waals surface area contributed by atoms with Crippen molar-refractivity contribution in [1.82, 2.24) is 10.2 Å². The van der Waals surface area contributed by atoms with E-state index < -0.39 is 10.0 Å². The molecule has 1 aromatic heterocycles. The minimum absolute atomic E-state index is 0.151. The van der Waals surface area contributed by atoms with Crippen molar-refractivity contribution in [3.05, 3.63) is 41.7 Å². The first-order chi connectivity index (χ1) is 7.58. The Morgan fingerprint density at radius 2 is 1.94 bits per heavy atom. The molecule has 0 aliphatic rings. The Morgan fingerprint density at radius 3 is 2.50 bits per heavy atom. The summed E-state index contributed by atoms with van der Waals surface area (Å²) in [5.74, 6) is 0. The van der Waals surface area contributed by atoms with Gasteiger partial charge in [-0.2, -0.15) is 5.10 Å². The molecule has 0 saturated carbocycles. The third-order valence-electron chi connectivity index (χ3n) is 1.87. The van der Waals surface area contributed by atoms with Gasteiger partial charge in [0.15, 0.2) is 0 Å². The van der Waals surface area contributed by atoms with Gasteiger partial charge in [0.25, 0.3) is 10.0 Å². The fourth-order valence-electron chi connectivity index (χ4n) is 1.13. The standard InChI is InChI=1S/C9H8ClN3O2S/c10-7-1-3-9(4-2-7)16(14,15)13-8-5-11-12-6-8/h1-6,13H,(H,11,12). The topological polar surface area (TPSA) is 74.8 Å². The lowest BCUT2D eigenvalue weighted by molar-refractivity contribution is 0.601. The molecule has 1 heterocycles. The van der Waals surface area contributed by atoms with E-state index >= 15 is 0 Å². The molecular formula is C9H8ClN3O2S. The number of nitrogens with zero attached hydrogens (tertiary/aromatic N) is 1.